The third-order valence-electron chi connectivity index (χ3n) is 5.39. The number of hydrogen-bond acceptors (Lipinski definition) is 7. The first-order chi connectivity index (χ1) is 17.6. The Morgan fingerprint density at radius 3 is 2.49 bits per heavy atom. The topological polar surface area (TPSA) is 124 Å². The molecule has 0 saturated carbocycles. The molecule has 0 saturated heterocycles. The Kier molecular flexibility index (Phi) is 7.00. The number of hydrogen-bond donors (Lipinski definition) is 2. The number of anilines is 1. The van der Waals surface area contributed by atoms with E-state index in [2.05, 4.69) is 30.5 Å². The van der Waals surface area contributed by atoms with E-state index < -0.39 is 23.4 Å². The summed E-state index contributed by atoms with van der Waals surface area (Å²) < 4.78 is 42.7. The van der Waals surface area contributed by atoms with E-state index in [1.807, 2.05) is 13.8 Å². The Bertz CT molecular complexity index is 1510. The van der Waals surface area contributed by atoms with Crippen LogP contribution in [0, 0.1) is 6.92 Å². The molecule has 1 aromatic carbocycles. The smallest absolute Gasteiger partial charge is 0.404 e. The van der Waals surface area contributed by atoms with Crippen LogP contribution in [0.3, 0.4) is 0 Å². The van der Waals surface area contributed by atoms with Crippen molar-refractivity contribution in [3.8, 4) is 5.82 Å². The monoisotopic (exact) mass is 508 g/mol. The molecule has 0 radical (unpaired) electrons. The highest BCUT2D eigenvalue weighted by atomic mass is 19.4. The fourth-order valence-electron chi connectivity index (χ4n) is 3.59. The molecule has 37 heavy (non-hydrogen) atoms. The maximum absolute atomic E-state index is 14.2. The maximum Gasteiger partial charge on any atom is 0.434 e. The second-order valence-electron chi connectivity index (χ2n) is 8.41. The van der Waals surface area contributed by atoms with E-state index in [1.54, 1.807) is 31.2 Å². The van der Waals surface area contributed by atoms with E-state index in [0.717, 1.165) is 0 Å². The number of carbonyl (C=O) groups excluding carboxylic acids is 1. The molecule has 1 amide bonds. The molecule has 9 nitrogen and oxygen atoms in total. The lowest BCUT2D eigenvalue weighted by atomic mass is 10.1. The number of carbonyl (C=O) groups is 1. The number of aromatic nitrogens is 5. The summed E-state index contributed by atoms with van der Waals surface area (Å²) in [4.78, 5) is 26.9. The quantitative estimate of drug-likeness (QED) is 0.286. The van der Waals surface area contributed by atoms with Gasteiger partial charge >= 0.3 is 6.18 Å². The first kappa shape index (κ1) is 25.5. The van der Waals surface area contributed by atoms with Gasteiger partial charge in [-0.2, -0.15) is 23.4 Å². The third kappa shape index (κ3) is 5.47. The molecule has 3 N–H and O–H groups in total. The van der Waals surface area contributed by atoms with Crippen LogP contribution in [-0.4, -0.2) is 42.8 Å². The first-order valence-electron chi connectivity index (χ1n) is 11.2. The van der Waals surface area contributed by atoms with E-state index in [0.29, 0.717) is 34.2 Å². The summed E-state index contributed by atoms with van der Waals surface area (Å²) in [5.74, 6) is -0.746. The maximum atomic E-state index is 14.2. The summed E-state index contributed by atoms with van der Waals surface area (Å²) in [5.41, 5.74) is 5.10. The summed E-state index contributed by atoms with van der Waals surface area (Å²) in [7, 11) is 0. The number of alkyl halides is 3. The minimum Gasteiger partial charge on any atom is -0.404 e. The zero-order chi connectivity index (χ0) is 26.7. The molecule has 190 valence electrons. The number of rotatable bonds is 6. The molecule has 0 fully saturated rings. The van der Waals surface area contributed by atoms with Crippen molar-refractivity contribution < 1.29 is 18.0 Å². The summed E-state index contributed by atoms with van der Waals surface area (Å²) in [6.07, 6.45) is -0.147. The zero-order valence-corrected chi connectivity index (χ0v) is 20.2. The number of halogens is 3. The lowest BCUT2D eigenvalue weighted by Crippen LogP contribution is -2.32. The Hall–Kier alpha value is -4.61. The summed E-state index contributed by atoms with van der Waals surface area (Å²) in [6.45, 7) is 5.44. The van der Waals surface area contributed by atoms with Crippen LogP contribution in [0.4, 0.5) is 24.5 Å². The van der Waals surface area contributed by atoms with Crippen molar-refractivity contribution in [1.29, 1.82) is 0 Å². The SMILES string of the molecule is Cc1cc(NC(=O)C(=CN)C(=Nc2cc(C(C)C)nc3ccccc23)C(F)(F)F)cnc1-n1nccn1. The molecule has 0 unspecified atom stereocenters. The largest absolute Gasteiger partial charge is 0.434 e. The Labute approximate surface area is 209 Å². The Balaban J connectivity index is 1.73. The Morgan fingerprint density at radius 2 is 1.86 bits per heavy atom. The fraction of sp³-hybridized carbons (Fsp3) is 0.200. The van der Waals surface area contributed by atoms with E-state index in [1.165, 1.54) is 35.5 Å². The highest BCUT2D eigenvalue weighted by Gasteiger charge is 2.41. The number of nitrogens with one attached hydrogen (secondary N) is 1. The first-order valence-corrected chi connectivity index (χ1v) is 11.2. The number of para-hydroxylation sites is 1. The molecule has 0 aliphatic heterocycles. The van der Waals surface area contributed by atoms with Crippen molar-refractivity contribution in [3.63, 3.8) is 0 Å². The van der Waals surface area contributed by atoms with Gasteiger partial charge in [0.05, 0.1) is 41.1 Å². The average molecular weight is 509 g/mol. The molecule has 3 heterocycles. The minimum atomic E-state index is -4.98. The van der Waals surface area contributed by atoms with Crippen molar-refractivity contribution >= 4 is 33.9 Å². The fourth-order valence-corrected chi connectivity index (χ4v) is 3.59. The van der Waals surface area contributed by atoms with Crippen LogP contribution < -0.4 is 11.1 Å². The van der Waals surface area contributed by atoms with Crippen molar-refractivity contribution in [2.45, 2.75) is 32.9 Å². The van der Waals surface area contributed by atoms with Crippen LogP contribution in [0.1, 0.15) is 31.0 Å². The van der Waals surface area contributed by atoms with Crippen LogP contribution in [-0.2, 0) is 4.79 Å². The van der Waals surface area contributed by atoms with Crippen molar-refractivity contribution in [1.82, 2.24) is 25.0 Å². The molecule has 12 heteroatoms. The summed E-state index contributed by atoms with van der Waals surface area (Å²) >= 11 is 0. The lowest BCUT2D eigenvalue weighted by molar-refractivity contribution is -0.113. The van der Waals surface area contributed by atoms with Gasteiger partial charge in [-0.1, -0.05) is 32.0 Å². The summed E-state index contributed by atoms with van der Waals surface area (Å²) in [6, 6.07) is 9.75. The van der Waals surface area contributed by atoms with Gasteiger partial charge in [-0.25, -0.2) is 9.98 Å². The average Bonchev–Trinajstić information content (AvgIpc) is 3.37. The lowest BCUT2D eigenvalue weighted by Gasteiger charge is -2.16. The van der Waals surface area contributed by atoms with Crippen LogP contribution in [0.25, 0.3) is 16.7 Å². The van der Waals surface area contributed by atoms with Crippen LogP contribution in [0.5, 0.6) is 0 Å². The number of nitrogens with two attached hydrogens (primary N) is 1. The normalized spacial score (nSPS) is 12.8. The van der Waals surface area contributed by atoms with Crippen LogP contribution in [0.2, 0.25) is 0 Å². The molecule has 0 atom stereocenters. The van der Waals surface area contributed by atoms with E-state index in [-0.39, 0.29) is 17.3 Å². The molecule has 0 aliphatic rings. The zero-order valence-electron chi connectivity index (χ0n) is 20.2. The van der Waals surface area contributed by atoms with E-state index in [4.69, 9.17) is 5.73 Å². The third-order valence-corrected chi connectivity index (χ3v) is 5.39. The molecular weight excluding hydrogens is 485 g/mol. The number of fused-ring (bicyclic) bond motifs is 1. The van der Waals surface area contributed by atoms with Crippen LogP contribution >= 0.6 is 0 Å². The van der Waals surface area contributed by atoms with Gasteiger partial charge in [0.2, 0.25) is 0 Å². The van der Waals surface area contributed by atoms with Crippen LogP contribution in [0.15, 0.2) is 71.8 Å². The highest BCUT2D eigenvalue weighted by Crippen LogP contribution is 2.32. The number of benzene rings is 1. The van der Waals surface area contributed by atoms with Gasteiger partial charge in [0.15, 0.2) is 11.5 Å². The molecular formula is C25H23F3N8O. The molecule has 0 spiro atoms. The molecule has 0 bridgehead atoms. The number of amides is 1. The van der Waals surface area contributed by atoms with Gasteiger partial charge in [0, 0.05) is 17.3 Å². The van der Waals surface area contributed by atoms with Gasteiger partial charge in [-0.05, 0) is 36.6 Å². The number of aryl methyl sites for hydroxylation is 1. The molecule has 3 aromatic heterocycles. The molecule has 0 aliphatic carbocycles. The van der Waals surface area contributed by atoms with E-state index >= 15 is 0 Å². The van der Waals surface area contributed by atoms with Gasteiger partial charge in [0.25, 0.3) is 5.91 Å². The van der Waals surface area contributed by atoms with Crippen molar-refractivity contribution in [2.75, 3.05) is 5.32 Å². The number of pyridine rings is 2. The predicted molar refractivity (Wildman–Crippen MR) is 134 cm³/mol. The van der Waals surface area contributed by atoms with Gasteiger partial charge in [-0.15, -0.1) is 4.80 Å². The van der Waals surface area contributed by atoms with Gasteiger partial charge in [-0.3, -0.25) is 9.78 Å². The molecule has 4 aromatic rings. The van der Waals surface area contributed by atoms with Gasteiger partial charge in [0.1, 0.15) is 0 Å². The van der Waals surface area contributed by atoms with Crippen molar-refractivity contribution in [3.05, 3.63) is 78.0 Å². The Morgan fingerprint density at radius 1 is 1.16 bits per heavy atom. The van der Waals surface area contributed by atoms with Crippen molar-refractivity contribution in [2.24, 2.45) is 10.7 Å². The van der Waals surface area contributed by atoms with E-state index in [9.17, 15) is 18.0 Å². The second-order valence-corrected chi connectivity index (χ2v) is 8.41. The predicted octanol–water partition coefficient (Wildman–Crippen LogP) is 4.76. The highest BCUT2D eigenvalue weighted by molar-refractivity contribution is 6.27. The minimum absolute atomic E-state index is 0.0300. The van der Waals surface area contributed by atoms with Gasteiger partial charge < -0.3 is 11.1 Å². The number of aliphatic imine (C=N–C) groups is 1. The number of nitrogens with zero attached hydrogens (tertiary/aromatic N) is 6. The molecule has 4 rings (SSSR count). The standard InChI is InChI=1S/C25H23F3N8O/c1-14(2)20-11-21(17-6-4-5-7-19(17)34-20)35-22(25(26,27)28)18(12-29)24(37)33-16-10-15(3)23(30-13-16)36-31-8-9-32-36/h4-14H,29H2,1-3H3,(H,33,37). The second kappa shape index (κ2) is 10.2. The summed E-state index contributed by atoms with van der Waals surface area (Å²) in [5, 5.41) is 10.8.